The van der Waals surface area contributed by atoms with Crippen molar-refractivity contribution in [1.82, 2.24) is 14.8 Å². The molecule has 2 heterocycles. The number of rotatable bonds is 5. The molecule has 150 valence electrons. The second kappa shape index (κ2) is 7.95. The van der Waals surface area contributed by atoms with Gasteiger partial charge in [-0.25, -0.2) is 4.68 Å². The number of anilines is 2. The van der Waals surface area contributed by atoms with Gasteiger partial charge in [0.15, 0.2) is 0 Å². The molecule has 1 aromatic heterocycles. The number of hydrogen-bond acceptors (Lipinski definition) is 5. The van der Waals surface area contributed by atoms with Crippen LogP contribution in [0.1, 0.15) is 43.5 Å². The Morgan fingerprint density at radius 1 is 1.14 bits per heavy atom. The lowest BCUT2D eigenvalue weighted by molar-refractivity contribution is -0.118. The minimum absolute atomic E-state index is 0.0109. The van der Waals surface area contributed by atoms with E-state index in [-0.39, 0.29) is 23.9 Å². The highest BCUT2D eigenvalue weighted by Gasteiger charge is 2.31. The molecule has 0 bridgehead atoms. The molecule has 2 atom stereocenters. The Labute approximate surface area is 170 Å². The van der Waals surface area contributed by atoms with E-state index >= 15 is 0 Å². The second-order valence-electron chi connectivity index (χ2n) is 7.48. The molecular formula is C22H25N5O2. The summed E-state index contributed by atoms with van der Waals surface area (Å²) in [5.41, 5.74) is 2.30. The molecule has 0 saturated carbocycles. The highest BCUT2D eigenvalue weighted by molar-refractivity contribution is 5.90. The van der Waals surface area contributed by atoms with Gasteiger partial charge < -0.3 is 10.1 Å². The number of hydrogen-bond donors (Lipinski definition) is 2. The summed E-state index contributed by atoms with van der Waals surface area (Å²) in [6.45, 7) is 3.69. The van der Waals surface area contributed by atoms with E-state index in [0.717, 1.165) is 23.3 Å². The molecule has 1 aliphatic rings. The number of amides is 1. The Balaban J connectivity index is 1.69. The average Bonchev–Trinajstić information content (AvgIpc) is 3.16. The summed E-state index contributed by atoms with van der Waals surface area (Å²) in [6.07, 6.45) is 0.810. The monoisotopic (exact) mass is 391 g/mol. The molecule has 4 rings (SSSR count). The van der Waals surface area contributed by atoms with Gasteiger partial charge in [-0.15, -0.1) is 5.10 Å². The molecule has 7 heteroatoms. The third kappa shape index (κ3) is 3.94. The van der Waals surface area contributed by atoms with Gasteiger partial charge in [-0.1, -0.05) is 56.3 Å². The van der Waals surface area contributed by atoms with Crippen molar-refractivity contribution in [2.24, 2.45) is 5.92 Å². The highest BCUT2D eigenvalue weighted by atomic mass is 16.5. The maximum atomic E-state index is 12.1. The molecule has 29 heavy (non-hydrogen) atoms. The molecule has 1 aliphatic heterocycles. The first-order valence-electron chi connectivity index (χ1n) is 9.78. The molecule has 2 N–H and O–H groups in total. The van der Waals surface area contributed by atoms with Gasteiger partial charge in [0.05, 0.1) is 19.2 Å². The Kier molecular flexibility index (Phi) is 5.20. The summed E-state index contributed by atoms with van der Waals surface area (Å²) in [6, 6.07) is 18.4. The Morgan fingerprint density at radius 3 is 2.52 bits per heavy atom. The summed E-state index contributed by atoms with van der Waals surface area (Å²) >= 11 is 0. The number of benzene rings is 2. The normalized spacial score (nSPS) is 18.1. The van der Waals surface area contributed by atoms with E-state index in [2.05, 4.69) is 45.0 Å². The molecule has 7 nitrogen and oxygen atoms in total. The van der Waals surface area contributed by atoms with Gasteiger partial charge in [-0.05, 0) is 29.7 Å². The molecule has 1 amide bonds. The summed E-state index contributed by atoms with van der Waals surface area (Å²) in [7, 11) is 1.66. The first-order valence-corrected chi connectivity index (χ1v) is 9.78. The van der Waals surface area contributed by atoms with Gasteiger partial charge in [0.2, 0.25) is 11.9 Å². The van der Waals surface area contributed by atoms with Crippen molar-refractivity contribution < 1.29 is 9.53 Å². The van der Waals surface area contributed by atoms with Crippen molar-refractivity contribution in [1.29, 1.82) is 0 Å². The Hall–Kier alpha value is -3.35. The molecular weight excluding hydrogens is 366 g/mol. The lowest BCUT2D eigenvalue weighted by Gasteiger charge is -2.31. The number of ether oxygens (including phenoxy) is 1. The van der Waals surface area contributed by atoms with Crippen LogP contribution in [-0.4, -0.2) is 27.8 Å². The molecule has 0 aliphatic carbocycles. The number of carbonyl (C=O) groups is 1. The molecule has 0 radical (unpaired) electrons. The predicted molar refractivity (Wildman–Crippen MR) is 112 cm³/mol. The van der Waals surface area contributed by atoms with E-state index in [4.69, 9.17) is 4.74 Å². The van der Waals surface area contributed by atoms with Crippen LogP contribution in [0.3, 0.4) is 0 Å². The predicted octanol–water partition coefficient (Wildman–Crippen LogP) is 4.03. The van der Waals surface area contributed by atoms with Gasteiger partial charge >= 0.3 is 0 Å². The quantitative estimate of drug-likeness (QED) is 0.686. The number of nitrogens with one attached hydrogen (secondary N) is 2. The number of fused-ring (bicyclic) bond motifs is 1. The summed E-state index contributed by atoms with van der Waals surface area (Å²) < 4.78 is 7.14. The van der Waals surface area contributed by atoms with Crippen molar-refractivity contribution in [2.45, 2.75) is 32.4 Å². The molecule has 0 unspecified atom stereocenters. The van der Waals surface area contributed by atoms with Crippen LogP contribution < -0.4 is 15.4 Å². The molecule has 0 saturated heterocycles. The minimum Gasteiger partial charge on any atom is -0.497 e. The van der Waals surface area contributed by atoms with Gasteiger partial charge in [0.25, 0.3) is 5.95 Å². The molecule has 0 spiro atoms. The largest absolute Gasteiger partial charge is 0.497 e. The van der Waals surface area contributed by atoms with Crippen LogP contribution in [0.5, 0.6) is 5.75 Å². The summed E-state index contributed by atoms with van der Waals surface area (Å²) in [4.78, 5) is 16.6. The van der Waals surface area contributed by atoms with Crippen LogP contribution in [-0.2, 0) is 4.79 Å². The zero-order chi connectivity index (χ0) is 20.4. The van der Waals surface area contributed by atoms with E-state index < -0.39 is 0 Å². The van der Waals surface area contributed by atoms with Crippen LogP contribution in [0.2, 0.25) is 0 Å². The SMILES string of the molecule is COc1ccc([C@@H]2C[C@@H](c3ccccc3)n3nc(NC(=O)C(C)C)nc3N2)cc1. The summed E-state index contributed by atoms with van der Waals surface area (Å²) in [5, 5.41) is 10.8. The van der Waals surface area contributed by atoms with Crippen LogP contribution >= 0.6 is 0 Å². The Bertz CT molecular complexity index is 982. The van der Waals surface area contributed by atoms with E-state index in [1.165, 1.54) is 0 Å². The number of aromatic nitrogens is 3. The fourth-order valence-electron chi connectivity index (χ4n) is 3.49. The average molecular weight is 391 g/mol. The number of methoxy groups -OCH3 is 1. The van der Waals surface area contributed by atoms with Crippen molar-refractivity contribution >= 4 is 17.8 Å². The van der Waals surface area contributed by atoms with Crippen molar-refractivity contribution in [3.05, 3.63) is 65.7 Å². The standard InChI is InChI=1S/C22H25N5O2/c1-14(2)20(28)24-21-25-22-23-18(15-9-11-17(29-3)12-10-15)13-19(27(22)26-21)16-7-5-4-6-8-16/h4-12,14,18-19H,13H2,1-3H3,(H2,23,24,25,26,28)/t18-,19-/m0/s1. The number of nitrogens with zero attached hydrogens (tertiary/aromatic N) is 3. The number of carbonyl (C=O) groups excluding carboxylic acids is 1. The lowest BCUT2D eigenvalue weighted by atomic mass is 9.93. The topological polar surface area (TPSA) is 81.1 Å². The van der Waals surface area contributed by atoms with Gasteiger partial charge in [0, 0.05) is 5.92 Å². The van der Waals surface area contributed by atoms with Crippen LogP contribution in [0, 0.1) is 5.92 Å². The van der Waals surface area contributed by atoms with Gasteiger partial charge in [0.1, 0.15) is 5.75 Å². The van der Waals surface area contributed by atoms with E-state index in [0.29, 0.717) is 11.9 Å². The maximum absolute atomic E-state index is 12.1. The zero-order valence-corrected chi connectivity index (χ0v) is 16.8. The molecule has 3 aromatic rings. The zero-order valence-electron chi connectivity index (χ0n) is 16.8. The van der Waals surface area contributed by atoms with E-state index in [1.54, 1.807) is 7.11 Å². The van der Waals surface area contributed by atoms with Crippen molar-refractivity contribution in [3.8, 4) is 5.75 Å². The smallest absolute Gasteiger partial charge is 0.250 e. The van der Waals surface area contributed by atoms with E-state index in [9.17, 15) is 4.79 Å². The minimum atomic E-state index is -0.138. The van der Waals surface area contributed by atoms with Crippen molar-refractivity contribution in [3.63, 3.8) is 0 Å². The second-order valence-corrected chi connectivity index (χ2v) is 7.48. The third-order valence-corrected chi connectivity index (χ3v) is 5.15. The first-order chi connectivity index (χ1) is 14.0. The summed E-state index contributed by atoms with van der Waals surface area (Å²) in [5.74, 6) is 1.55. The molecule has 2 aromatic carbocycles. The highest BCUT2D eigenvalue weighted by Crippen LogP contribution is 2.38. The van der Waals surface area contributed by atoms with Crippen LogP contribution in [0.25, 0.3) is 0 Å². The van der Waals surface area contributed by atoms with Gasteiger partial charge in [-0.2, -0.15) is 4.98 Å². The Morgan fingerprint density at radius 2 is 1.86 bits per heavy atom. The van der Waals surface area contributed by atoms with Crippen molar-refractivity contribution in [2.75, 3.05) is 17.7 Å². The fourth-order valence-corrected chi connectivity index (χ4v) is 3.49. The fraction of sp³-hybridized carbons (Fsp3) is 0.318. The third-order valence-electron chi connectivity index (χ3n) is 5.15. The lowest BCUT2D eigenvalue weighted by Crippen LogP contribution is -2.28. The first kappa shape index (κ1) is 19.0. The molecule has 0 fully saturated rings. The van der Waals surface area contributed by atoms with Crippen LogP contribution in [0.15, 0.2) is 54.6 Å². The maximum Gasteiger partial charge on any atom is 0.250 e. The van der Waals surface area contributed by atoms with Crippen LogP contribution in [0.4, 0.5) is 11.9 Å². The van der Waals surface area contributed by atoms with Gasteiger partial charge in [-0.3, -0.25) is 10.1 Å². The van der Waals surface area contributed by atoms with E-state index in [1.807, 2.05) is 48.9 Å².